The van der Waals surface area contributed by atoms with Crippen molar-refractivity contribution in [2.75, 3.05) is 36.5 Å². The van der Waals surface area contributed by atoms with E-state index in [4.69, 9.17) is 9.47 Å². The highest BCUT2D eigenvalue weighted by Gasteiger charge is 2.57. The number of amides is 1. The normalized spacial score (nSPS) is 22.6. The Morgan fingerprint density at radius 3 is 2.49 bits per heavy atom. The summed E-state index contributed by atoms with van der Waals surface area (Å²) in [4.78, 5) is 52.0. The highest BCUT2D eigenvalue weighted by molar-refractivity contribution is 7.90. The van der Waals surface area contributed by atoms with Crippen molar-refractivity contribution in [1.82, 2.24) is 19.6 Å². The molecule has 3 atom stereocenters. The molecule has 5 aliphatic rings. The maximum absolute atomic E-state index is 14.2. The van der Waals surface area contributed by atoms with Gasteiger partial charge < -0.3 is 24.7 Å². The van der Waals surface area contributed by atoms with Crippen LogP contribution in [-0.4, -0.2) is 78.2 Å². The fourth-order valence-corrected chi connectivity index (χ4v) is 12.7. The van der Waals surface area contributed by atoms with E-state index in [2.05, 4.69) is 81.8 Å². The number of nitro benzene ring substituents is 1. The number of hydrogen-bond acceptors (Lipinski definition) is 12. The first-order valence-electron chi connectivity index (χ1n) is 24.2. The molecule has 2 saturated carbocycles. The number of benzene rings is 3. The standard InChI is InChI=1S/C52H61N7O8S/c1-31(2)38-9-6-7-10-39(38)42-11-8-20-58(42)44-28-52(48(44)60)18-21-57(22-19-52)35-12-13-40(45(25-35)67-36-24-34-23-32(3)54-49(34)53-29-36)50(61)56-68(64,65)37-26-43(59(62)63)47-46(27-37)66-30-41(55-47)33-14-16-51(4,5)17-15-33/h6-7,9-10,12-13,23-27,29,31,33,41-42,44,55H,8,11,14-22,28,30H2,1-5H3,(H,53,54)(H,56,61)/t41-,42+,44?/m1/s1. The molecule has 1 amide bonds. The van der Waals surface area contributed by atoms with Crippen LogP contribution in [0.15, 0.2) is 77.8 Å². The summed E-state index contributed by atoms with van der Waals surface area (Å²) in [6.07, 6.45) is 9.85. The van der Waals surface area contributed by atoms with Crippen molar-refractivity contribution < 1.29 is 32.4 Å². The molecule has 0 radical (unpaired) electrons. The van der Waals surface area contributed by atoms with Crippen molar-refractivity contribution in [2.24, 2.45) is 16.7 Å². The van der Waals surface area contributed by atoms with Crippen LogP contribution in [0, 0.1) is 33.8 Å². The van der Waals surface area contributed by atoms with E-state index in [1.165, 1.54) is 29.5 Å². The second kappa shape index (κ2) is 17.5. The molecule has 3 aromatic carbocycles. The van der Waals surface area contributed by atoms with Gasteiger partial charge in [0.25, 0.3) is 21.6 Å². The Bertz CT molecular complexity index is 2910. The number of aromatic amines is 1. The van der Waals surface area contributed by atoms with Gasteiger partial charge in [0.15, 0.2) is 17.2 Å². The van der Waals surface area contributed by atoms with Gasteiger partial charge in [-0.3, -0.25) is 24.6 Å². The number of hydrogen-bond donors (Lipinski definition) is 3. The zero-order valence-corrected chi connectivity index (χ0v) is 40.3. The zero-order chi connectivity index (χ0) is 47.7. The van der Waals surface area contributed by atoms with Gasteiger partial charge in [0.2, 0.25) is 0 Å². The van der Waals surface area contributed by atoms with E-state index in [0.717, 1.165) is 74.3 Å². The van der Waals surface area contributed by atoms with Gasteiger partial charge in [-0.05, 0) is 124 Å². The third kappa shape index (κ3) is 8.58. The van der Waals surface area contributed by atoms with Crippen molar-refractivity contribution >= 4 is 49.8 Å². The van der Waals surface area contributed by atoms with Crippen LogP contribution in [0.3, 0.4) is 0 Å². The first kappa shape index (κ1) is 45.8. The van der Waals surface area contributed by atoms with Gasteiger partial charge in [-0.1, -0.05) is 52.0 Å². The summed E-state index contributed by atoms with van der Waals surface area (Å²) < 4.78 is 42.6. The number of pyridine rings is 1. The number of fused-ring (bicyclic) bond motifs is 2. The Hall–Kier alpha value is -6.00. The zero-order valence-electron chi connectivity index (χ0n) is 39.5. The molecule has 3 aliphatic heterocycles. The van der Waals surface area contributed by atoms with E-state index < -0.39 is 31.4 Å². The lowest BCUT2D eigenvalue weighted by atomic mass is 9.58. The molecule has 68 heavy (non-hydrogen) atoms. The number of ether oxygens (including phenoxy) is 2. The molecule has 1 unspecified atom stereocenters. The number of aromatic nitrogens is 2. The van der Waals surface area contributed by atoms with Crippen molar-refractivity contribution in [1.29, 1.82) is 0 Å². The largest absolute Gasteiger partial charge is 0.489 e. The molecule has 2 aromatic heterocycles. The number of rotatable bonds is 11. The topological polar surface area (TPSA) is 189 Å². The third-order valence-corrected chi connectivity index (χ3v) is 17.0. The Labute approximate surface area is 397 Å². The van der Waals surface area contributed by atoms with Crippen LogP contribution in [0.2, 0.25) is 0 Å². The number of carbonyl (C=O) groups is 2. The number of carbonyl (C=O) groups excluding carboxylic acids is 2. The maximum atomic E-state index is 14.2. The van der Waals surface area contributed by atoms with E-state index >= 15 is 0 Å². The van der Waals surface area contributed by atoms with Crippen LogP contribution in [0.5, 0.6) is 17.2 Å². The molecular formula is C52H61N7O8S. The summed E-state index contributed by atoms with van der Waals surface area (Å²) in [7, 11) is -4.67. The lowest BCUT2D eigenvalue weighted by Crippen LogP contribution is -2.62. The SMILES string of the molecule is Cc1cc2cc(Oc3cc(N4CCC5(CC4)CC(N4CCC[C@H]4c4ccccc4C(C)C)C5=O)ccc3C(=O)NS(=O)(=O)c3cc4c(c([N+](=O)[O-])c3)N[C@@H](C3CCC(C)(C)CC3)CO4)cnc2[nH]1. The number of nitro groups is 1. The number of aryl methyl sites for hydroxylation is 1. The molecule has 358 valence electrons. The van der Waals surface area contributed by atoms with E-state index in [1.54, 1.807) is 18.2 Å². The van der Waals surface area contributed by atoms with Gasteiger partial charge in [-0.2, -0.15) is 0 Å². The van der Waals surface area contributed by atoms with Crippen LogP contribution in [-0.2, 0) is 14.8 Å². The van der Waals surface area contributed by atoms with E-state index in [0.29, 0.717) is 49.0 Å². The number of likely N-dealkylation sites (tertiary alicyclic amines) is 1. The van der Waals surface area contributed by atoms with Crippen LogP contribution in [0.1, 0.15) is 125 Å². The number of Topliss-reactive ketones (excluding diaryl/α,β-unsaturated/α-hetero) is 1. The Balaban J connectivity index is 0.872. The molecule has 10 rings (SSSR count). The maximum Gasteiger partial charge on any atom is 0.297 e. The minimum absolute atomic E-state index is 0.0331. The number of ketones is 1. The average Bonchev–Trinajstić information content (AvgIpc) is 3.95. The van der Waals surface area contributed by atoms with Gasteiger partial charge in [0.05, 0.1) is 33.7 Å². The number of nitrogens with zero attached hydrogens (tertiary/aromatic N) is 4. The molecule has 3 N–H and O–H groups in total. The van der Waals surface area contributed by atoms with Crippen LogP contribution >= 0.6 is 0 Å². The lowest BCUT2D eigenvalue weighted by Gasteiger charge is -2.54. The van der Waals surface area contributed by atoms with Gasteiger partial charge >= 0.3 is 0 Å². The Kier molecular flexibility index (Phi) is 11.8. The molecule has 15 nitrogen and oxygen atoms in total. The first-order valence-corrected chi connectivity index (χ1v) is 25.7. The fourth-order valence-electron chi connectivity index (χ4n) is 11.7. The van der Waals surface area contributed by atoms with E-state index in [1.807, 2.05) is 13.0 Å². The second-order valence-electron chi connectivity index (χ2n) is 20.9. The first-order chi connectivity index (χ1) is 32.5. The van der Waals surface area contributed by atoms with Crippen LogP contribution < -0.4 is 24.4 Å². The molecule has 2 saturated heterocycles. The highest BCUT2D eigenvalue weighted by atomic mass is 32.2. The number of H-pyrrole nitrogens is 1. The Morgan fingerprint density at radius 2 is 1.75 bits per heavy atom. The second-order valence-corrected chi connectivity index (χ2v) is 22.6. The average molecular weight is 944 g/mol. The van der Waals surface area contributed by atoms with Crippen molar-refractivity contribution in [2.45, 2.75) is 121 Å². The third-order valence-electron chi connectivity index (χ3n) is 15.7. The number of sulfonamides is 1. The van der Waals surface area contributed by atoms with Crippen molar-refractivity contribution in [3.63, 3.8) is 0 Å². The summed E-state index contributed by atoms with van der Waals surface area (Å²) in [5.74, 6) is 0.459. The molecular weight excluding hydrogens is 883 g/mol. The van der Waals surface area contributed by atoms with E-state index in [-0.39, 0.29) is 64.2 Å². The minimum atomic E-state index is -4.67. The van der Waals surface area contributed by atoms with Gasteiger partial charge in [0, 0.05) is 59.5 Å². The van der Waals surface area contributed by atoms with Crippen molar-refractivity contribution in [3.05, 3.63) is 105 Å². The molecule has 5 aromatic rings. The smallest absolute Gasteiger partial charge is 0.297 e. The van der Waals surface area contributed by atoms with E-state index in [9.17, 15) is 28.1 Å². The predicted octanol–water partition coefficient (Wildman–Crippen LogP) is 9.97. The van der Waals surface area contributed by atoms with Gasteiger partial charge in [-0.25, -0.2) is 18.1 Å². The molecule has 0 bridgehead atoms. The lowest BCUT2D eigenvalue weighted by molar-refractivity contribution is -0.384. The fraction of sp³-hybridized carbons (Fsp3) is 0.481. The summed E-state index contributed by atoms with van der Waals surface area (Å²) in [6, 6.07) is 19.5. The van der Waals surface area contributed by atoms with Gasteiger partial charge in [-0.15, -0.1) is 0 Å². The summed E-state index contributed by atoms with van der Waals surface area (Å²) in [5.41, 5.74) is 4.48. The molecule has 2 aliphatic carbocycles. The number of anilines is 2. The predicted molar refractivity (Wildman–Crippen MR) is 260 cm³/mol. The quantitative estimate of drug-likeness (QED) is 0.0841. The number of piperidine rings is 1. The summed E-state index contributed by atoms with van der Waals surface area (Å²) in [6.45, 7) is 13.2. The molecule has 5 heterocycles. The Morgan fingerprint density at radius 1 is 0.985 bits per heavy atom. The number of nitrogens with one attached hydrogen (secondary N) is 3. The van der Waals surface area contributed by atoms with Crippen LogP contribution in [0.4, 0.5) is 17.1 Å². The van der Waals surface area contributed by atoms with Gasteiger partial charge in [0.1, 0.15) is 23.8 Å². The summed E-state index contributed by atoms with van der Waals surface area (Å²) in [5, 5.41) is 16.5. The molecule has 16 heteroatoms. The minimum Gasteiger partial charge on any atom is -0.489 e. The monoisotopic (exact) mass is 943 g/mol. The molecule has 1 spiro atoms. The summed E-state index contributed by atoms with van der Waals surface area (Å²) >= 11 is 0. The molecule has 4 fully saturated rings. The van der Waals surface area contributed by atoms with Crippen molar-refractivity contribution in [3.8, 4) is 17.2 Å². The highest BCUT2D eigenvalue weighted by Crippen LogP contribution is 2.52. The van der Waals surface area contributed by atoms with Crippen LogP contribution in [0.25, 0.3) is 11.0 Å².